The molecule has 1 amide bonds. The van der Waals surface area contributed by atoms with Crippen LogP contribution in [0.4, 0.5) is 0 Å². The van der Waals surface area contributed by atoms with Gasteiger partial charge in [-0.25, -0.2) is 0 Å². The predicted molar refractivity (Wildman–Crippen MR) is 62.4 cm³/mol. The molecule has 0 heterocycles. The summed E-state index contributed by atoms with van der Waals surface area (Å²) in [6.07, 6.45) is 2.56. The number of carbonyl (C=O) groups excluding carboxylic acids is 1. The average molecular weight is 212 g/mol. The van der Waals surface area contributed by atoms with Crippen molar-refractivity contribution in [3.8, 4) is 0 Å². The number of rotatable bonds is 5. The lowest BCUT2D eigenvalue weighted by atomic mass is 10.0. The van der Waals surface area contributed by atoms with E-state index in [1.54, 1.807) is 0 Å². The summed E-state index contributed by atoms with van der Waals surface area (Å²) in [6.45, 7) is 8.91. The first kappa shape index (κ1) is 12.5. The largest absolute Gasteiger partial charge is 0.340 e. The van der Waals surface area contributed by atoms with E-state index in [2.05, 4.69) is 13.8 Å². The van der Waals surface area contributed by atoms with E-state index in [-0.39, 0.29) is 17.9 Å². The Morgan fingerprint density at radius 3 is 2.20 bits per heavy atom. The van der Waals surface area contributed by atoms with Crippen LogP contribution >= 0.6 is 0 Å². The number of hydrogen-bond donors (Lipinski definition) is 1. The summed E-state index contributed by atoms with van der Waals surface area (Å²) in [5.74, 6) is 0.898. The van der Waals surface area contributed by atoms with Crippen LogP contribution in [-0.4, -0.2) is 29.4 Å². The molecule has 0 bridgehead atoms. The molecular weight excluding hydrogens is 188 g/mol. The van der Waals surface area contributed by atoms with Crippen molar-refractivity contribution in [2.75, 3.05) is 6.54 Å². The minimum absolute atomic E-state index is 0.0575. The Morgan fingerprint density at radius 1 is 1.33 bits per heavy atom. The van der Waals surface area contributed by atoms with Gasteiger partial charge in [-0.05, 0) is 39.5 Å². The van der Waals surface area contributed by atoms with Gasteiger partial charge in [-0.1, -0.05) is 6.92 Å². The highest BCUT2D eigenvalue weighted by Crippen LogP contribution is 2.30. The molecule has 88 valence electrons. The second kappa shape index (κ2) is 4.97. The second-order valence-electron chi connectivity index (χ2n) is 5.18. The molecule has 0 aromatic rings. The number of nitrogens with zero attached hydrogens (tertiary/aromatic N) is 1. The SMILES string of the molecule is CC(N)C(C)C(=O)N(CC1CC1)C(C)C. The van der Waals surface area contributed by atoms with Gasteiger partial charge in [0.1, 0.15) is 0 Å². The lowest BCUT2D eigenvalue weighted by molar-refractivity contribution is -0.137. The van der Waals surface area contributed by atoms with Gasteiger partial charge in [0.05, 0.1) is 5.92 Å². The summed E-state index contributed by atoms with van der Waals surface area (Å²) >= 11 is 0. The maximum absolute atomic E-state index is 12.1. The summed E-state index contributed by atoms with van der Waals surface area (Å²) in [5, 5.41) is 0. The zero-order chi connectivity index (χ0) is 11.6. The van der Waals surface area contributed by atoms with Gasteiger partial charge in [0.2, 0.25) is 5.91 Å². The fourth-order valence-corrected chi connectivity index (χ4v) is 1.62. The number of amides is 1. The minimum Gasteiger partial charge on any atom is -0.340 e. The molecule has 3 nitrogen and oxygen atoms in total. The van der Waals surface area contributed by atoms with Crippen molar-refractivity contribution in [2.45, 2.75) is 52.6 Å². The lowest BCUT2D eigenvalue weighted by Gasteiger charge is -2.30. The van der Waals surface area contributed by atoms with E-state index < -0.39 is 0 Å². The molecule has 1 aliphatic rings. The topological polar surface area (TPSA) is 46.3 Å². The van der Waals surface area contributed by atoms with Crippen LogP contribution in [-0.2, 0) is 4.79 Å². The van der Waals surface area contributed by atoms with E-state index in [1.807, 2.05) is 18.7 Å². The highest BCUT2D eigenvalue weighted by molar-refractivity contribution is 5.79. The third kappa shape index (κ3) is 3.49. The molecule has 1 fully saturated rings. The molecule has 15 heavy (non-hydrogen) atoms. The Kier molecular flexibility index (Phi) is 4.14. The molecule has 1 rings (SSSR count). The van der Waals surface area contributed by atoms with Crippen LogP contribution in [0.15, 0.2) is 0 Å². The van der Waals surface area contributed by atoms with Crippen molar-refractivity contribution in [1.29, 1.82) is 0 Å². The molecule has 0 radical (unpaired) electrons. The third-order valence-corrected chi connectivity index (χ3v) is 3.24. The first-order valence-electron chi connectivity index (χ1n) is 5.99. The third-order valence-electron chi connectivity index (χ3n) is 3.24. The van der Waals surface area contributed by atoms with Crippen LogP contribution in [0.2, 0.25) is 0 Å². The van der Waals surface area contributed by atoms with Crippen LogP contribution < -0.4 is 5.73 Å². The van der Waals surface area contributed by atoms with Gasteiger partial charge in [-0.2, -0.15) is 0 Å². The zero-order valence-corrected chi connectivity index (χ0v) is 10.4. The summed E-state index contributed by atoms with van der Waals surface area (Å²) in [4.78, 5) is 14.1. The summed E-state index contributed by atoms with van der Waals surface area (Å²) in [6, 6.07) is 0.234. The fraction of sp³-hybridized carbons (Fsp3) is 0.917. The standard InChI is InChI=1S/C12H24N2O/c1-8(2)14(7-11-5-6-11)12(15)9(3)10(4)13/h8-11H,5-7,13H2,1-4H3. The van der Waals surface area contributed by atoms with Crippen molar-refractivity contribution < 1.29 is 4.79 Å². The monoisotopic (exact) mass is 212 g/mol. The molecule has 3 heteroatoms. The average Bonchev–Trinajstić information content (AvgIpc) is 2.94. The number of carbonyl (C=O) groups is 1. The van der Waals surface area contributed by atoms with Gasteiger partial charge in [0, 0.05) is 18.6 Å². The van der Waals surface area contributed by atoms with Crippen molar-refractivity contribution in [1.82, 2.24) is 4.90 Å². The van der Waals surface area contributed by atoms with Crippen molar-refractivity contribution >= 4 is 5.91 Å². The van der Waals surface area contributed by atoms with E-state index >= 15 is 0 Å². The highest BCUT2D eigenvalue weighted by Gasteiger charge is 2.31. The Hall–Kier alpha value is -0.570. The summed E-state index contributed by atoms with van der Waals surface area (Å²) in [5.41, 5.74) is 5.77. The molecule has 0 spiro atoms. The highest BCUT2D eigenvalue weighted by atomic mass is 16.2. The van der Waals surface area contributed by atoms with Gasteiger partial charge >= 0.3 is 0 Å². The van der Waals surface area contributed by atoms with E-state index in [0.717, 1.165) is 12.5 Å². The van der Waals surface area contributed by atoms with Crippen LogP contribution in [0.3, 0.4) is 0 Å². The molecular formula is C12H24N2O. The first-order valence-corrected chi connectivity index (χ1v) is 5.99. The smallest absolute Gasteiger partial charge is 0.227 e. The molecule has 0 aromatic heterocycles. The quantitative estimate of drug-likeness (QED) is 0.752. The fourth-order valence-electron chi connectivity index (χ4n) is 1.62. The molecule has 2 unspecified atom stereocenters. The summed E-state index contributed by atoms with van der Waals surface area (Å²) < 4.78 is 0. The first-order chi connectivity index (χ1) is 6.93. The maximum atomic E-state index is 12.1. The minimum atomic E-state index is -0.0637. The number of hydrogen-bond acceptors (Lipinski definition) is 2. The van der Waals surface area contributed by atoms with Crippen molar-refractivity contribution in [3.05, 3.63) is 0 Å². The Labute approximate surface area is 93.0 Å². The molecule has 0 aliphatic heterocycles. The van der Waals surface area contributed by atoms with Gasteiger partial charge < -0.3 is 10.6 Å². The Bertz CT molecular complexity index is 222. The van der Waals surface area contributed by atoms with Gasteiger partial charge in [-0.15, -0.1) is 0 Å². The van der Waals surface area contributed by atoms with Crippen LogP contribution in [0, 0.1) is 11.8 Å². The summed E-state index contributed by atoms with van der Waals surface area (Å²) in [7, 11) is 0. The van der Waals surface area contributed by atoms with Gasteiger partial charge in [0.25, 0.3) is 0 Å². The molecule has 0 aromatic carbocycles. The van der Waals surface area contributed by atoms with Crippen LogP contribution in [0.25, 0.3) is 0 Å². The van der Waals surface area contributed by atoms with E-state index in [9.17, 15) is 4.79 Å². The van der Waals surface area contributed by atoms with Crippen molar-refractivity contribution in [2.24, 2.45) is 17.6 Å². The molecule has 0 saturated heterocycles. The predicted octanol–water partition coefficient (Wildman–Crippen LogP) is 1.62. The van der Waals surface area contributed by atoms with E-state index in [1.165, 1.54) is 12.8 Å². The second-order valence-corrected chi connectivity index (χ2v) is 5.18. The molecule has 2 N–H and O–H groups in total. The molecule has 2 atom stereocenters. The normalized spacial score (nSPS) is 20.1. The Balaban J connectivity index is 2.57. The zero-order valence-electron chi connectivity index (χ0n) is 10.4. The van der Waals surface area contributed by atoms with Gasteiger partial charge in [-0.3, -0.25) is 4.79 Å². The molecule has 1 saturated carbocycles. The van der Waals surface area contributed by atoms with Crippen LogP contribution in [0.1, 0.15) is 40.5 Å². The van der Waals surface area contributed by atoms with Crippen LogP contribution in [0.5, 0.6) is 0 Å². The molecule has 1 aliphatic carbocycles. The van der Waals surface area contributed by atoms with Crippen molar-refractivity contribution in [3.63, 3.8) is 0 Å². The Morgan fingerprint density at radius 2 is 1.87 bits per heavy atom. The van der Waals surface area contributed by atoms with E-state index in [4.69, 9.17) is 5.73 Å². The lowest BCUT2D eigenvalue weighted by Crippen LogP contribution is -2.45. The van der Waals surface area contributed by atoms with E-state index in [0.29, 0.717) is 6.04 Å². The maximum Gasteiger partial charge on any atom is 0.227 e. The number of nitrogens with two attached hydrogens (primary N) is 1. The van der Waals surface area contributed by atoms with Gasteiger partial charge in [0.15, 0.2) is 0 Å².